The minimum atomic E-state index is -4.97. The summed E-state index contributed by atoms with van der Waals surface area (Å²) in [5.74, 6) is 2.10. The summed E-state index contributed by atoms with van der Waals surface area (Å²) in [6.45, 7) is 2.97. The summed E-state index contributed by atoms with van der Waals surface area (Å²) >= 11 is 5.51. The first-order valence-corrected chi connectivity index (χ1v) is 13.8. The van der Waals surface area contributed by atoms with Crippen molar-refractivity contribution in [2.24, 2.45) is 17.8 Å². The Morgan fingerprint density at radius 3 is 2.39 bits per heavy atom. The van der Waals surface area contributed by atoms with Crippen LogP contribution in [0.25, 0.3) is 10.9 Å². The van der Waals surface area contributed by atoms with Crippen LogP contribution in [0.2, 0.25) is 0 Å². The standard InChI is InChI=1S/C29H30F6N4OS/c1-3-15-10-23-20(15)6-9-37-25(23)26(21-7-8-36-24-5-4-19(40-2)14-22(21)24)39-27(41)38-18-12-16(28(30,31)32)11-17(13-18)29(33,34)35/h4-5,7-8,11-15,20,23,25-26,37H,3,6,9-10H2,1-2H3,(H2,38,39,41). The molecule has 0 bridgehead atoms. The first kappa shape index (κ1) is 29.4. The molecule has 1 saturated heterocycles. The average Bonchev–Trinajstić information content (AvgIpc) is 2.91. The smallest absolute Gasteiger partial charge is 0.416 e. The van der Waals surface area contributed by atoms with E-state index in [0.717, 1.165) is 36.8 Å². The molecule has 2 fully saturated rings. The van der Waals surface area contributed by atoms with Gasteiger partial charge in [0.1, 0.15) is 5.75 Å². The van der Waals surface area contributed by atoms with E-state index in [1.54, 1.807) is 19.4 Å². The topological polar surface area (TPSA) is 58.2 Å². The fraction of sp³-hybridized carbons (Fsp3) is 0.448. The number of thiocarbonyl (C=S) groups is 1. The SMILES string of the molecule is CCC1CC2C1CCNC2C(NC(=S)Nc1cc(C(F)(F)F)cc(C(F)(F)F)c1)c1ccnc2ccc(OC)cc12. The van der Waals surface area contributed by atoms with E-state index < -0.39 is 35.2 Å². The number of nitrogens with zero attached hydrogens (tertiary/aromatic N) is 1. The van der Waals surface area contributed by atoms with Crippen LogP contribution >= 0.6 is 12.2 Å². The molecular weight excluding hydrogens is 566 g/mol. The molecule has 1 aromatic heterocycles. The van der Waals surface area contributed by atoms with Crippen molar-refractivity contribution in [3.8, 4) is 5.75 Å². The number of rotatable bonds is 6. The van der Waals surface area contributed by atoms with E-state index in [1.165, 1.54) is 0 Å². The van der Waals surface area contributed by atoms with Crippen LogP contribution in [-0.4, -0.2) is 29.8 Å². The summed E-state index contributed by atoms with van der Waals surface area (Å²) < 4.78 is 86.1. The Kier molecular flexibility index (Phi) is 8.08. The number of methoxy groups -OCH3 is 1. The van der Waals surface area contributed by atoms with Crippen LogP contribution in [0.4, 0.5) is 32.0 Å². The number of halogens is 6. The predicted molar refractivity (Wildman–Crippen MR) is 149 cm³/mol. The molecule has 41 heavy (non-hydrogen) atoms. The van der Waals surface area contributed by atoms with Gasteiger partial charge in [0, 0.05) is 23.3 Å². The number of hydrogen-bond donors (Lipinski definition) is 3. The van der Waals surface area contributed by atoms with Gasteiger partial charge >= 0.3 is 12.4 Å². The lowest BCUT2D eigenvalue weighted by Crippen LogP contribution is -2.59. The summed E-state index contributed by atoms with van der Waals surface area (Å²) in [6.07, 6.45) is -5.11. The maximum atomic E-state index is 13.4. The van der Waals surface area contributed by atoms with E-state index in [1.807, 2.05) is 18.2 Å². The van der Waals surface area contributed by atoms with E-state index in [-0.39, 0.29) is 17.2 Å². The number of alkyl halides is 6. The van der Waals surface area contributed by atoms with Crippen molar-refractivity contribution >= 4 is 33.9 Å². The van der Waals surface area contributed by atoms with E-state index >= 15 is 0 Å². The van der Waals surface area contributed by atoms with Crippen molar-refractivity contribution in [3.05, 3.63) is 65.4 Å². The predicted octanol–water partition coefficient (Wildman–Crippen LogP) is 7.33. The molecule has 3 N–H and O–H groups in total. The number of aromatic nitrogens is 1. The van der Waals surface area contributed by atoms with Gasteiger partial charge in [0.25, 0.3) is 0 Å². The second-order valence-corrected chi connectivity index (χ2v) is 11.1. The van der Waals surface area contributed by atoms with Crippen LogP contribution in [0.3, 0.4) is 0 Å². The number of pyridine rings is 1. The first-order chi connectivity index (χ1) is 19.4. The molecule has 12 heteroatoms. The first-order valence-electron chi connectivity index (χ1n) is 13.4. The van der Waals surface area contributed by atoms with E-state index in [9.17, 15) is 26.3 Å². The number of nitrogens with one attached hydrogen (secondary N) is 3. The molecule has 0 amide bonds. The second-order valence-electron chi connectivity index (χ2n) is 10.7. The molecular formula is C29H30F6N4OS. The number of anilines is 1. The minimum absolute atomic E-state index is 0.0830. The molecule has 1 saturated carbocycles. The van der Waals surface area contributed by atoms with Gasteiger partial charge in [-0.3, -0.25) is 4.98 Å². The molecule has 2 aliphatic rings. The molecule has 2 aromatic carbocycles. The molecule has 5 atom stereocenters. The second kappa shape index (κ2) is 11.3. The highest BCUT2D eigenvalue weighted by atomic mass is 32.1. The zero-order valence-electron chi connectivity index (χ0n) is 22.4. The lowest BCUT2D eigenvalue weighted by atomic mass is 9.57. The summed E-state index contributed by atoms with van der Waals surface area (Å²) in [5, 5.41) is 10.2. The highest BCUT2D eigenvalue weighted by Gasteiger charge is 2.48. The number of ether oxygens (including phenoxy) is 1. The van der Waals surface area contributed by atoms with Gasteiger partial charge < -0.3 is 20.7 Å². The average molecular weight is 597 g/mol. The Bertz CT molecular complexity index is 1400. The summed E-state index contributed by atoms with van der Waals surface area (Å²) in [7, 11) is 1.56. The van der Waals surface area contributed by atoms with E-state index in [4.69, 9.17) is 17.0 Å². The van der Waals surface area contributed by atoms with Crippen LogP contribution in [0, 0.1) is 17.8 Å². The molecule has 5 nitrogen and oxygen atoms in total. The molecule has 220 valence electrons. The fourth-order valence-corrected chi connectivity index (χ4v) is 6.60. The van der Waals surface area contributed by atoms with Crippen LogP contribution in [0.15, 0.2) is 48.7 Å². The van der Waals surface area contributed by atoms with Crippen molar-refractivity contribution in [3.63, 3.8) is 0 Å². The summed E-state index contributed by atoms with van der Waals surface area (Å²) in [6, 6.07) is 8.15. The Labute approximate surface area is 239 Å². The normalized spacial score (nSPS) is 23.3. The quantitative estimate of drug-likeness (QED) is 0.205. The van der Waals surface area contributed by atoms with Crippen LogP contribution < -0.4 is 20.7 Å². The zero-order chi connectivity index (χ0) is 29.5. The molecule has 0 radical (unpaired) electrons. The fourth-order valence-electron chi connectivity index (χ4n) is 6.36. The highest BCUT2D eigenvalue weighted by molar-refractivity contribution is 7.80. The maximum absolute atomic E-state index is 13.4. The third-order valence-electron chi connectivity index (χ3n) is 8.38. The number of fused-ring (bicyclic) bond motifs is 2. The molecule has 3 aromatic rings. The van der Waals surface area contributed by atoms with Gasteiger partial charge in [-0.25, -0.2) is 0 Å². The van der Waals surface area contributed by atoms with Crippen molar-refractivity contribution in [2.45, 2.75) is 50.6 Å². The molecule has 1 aliphatic heterocycles. The van der Waals surface area contributed by atoms with Crippen LogP contribution in [0.1, 0.15) is 48.9 Å². The molecule has 5 unspecified atom stereocenters. The zero-order valence-corrected chi connectivity index (χ0v) is 23.2. The van der Waals surface area contributed by atoms with Gasteiger partial charge in [0.2, 0.25) is 0 Å². The minimum Gasteiger partial charge on any atom is -0.497 e. The summed E-state index contributed by atoms with van der Waals surface area (Å²) in [5.41, 5.74) is -1.68. The van der Waals surface area contributed by atoms with E-state index in [0.29, 0.717) is 41.2 Å². The van der Waals surface area contributed by atoms with E-state index in [2.05, 4.69) is 27.9 Å². The number of benzene rings is 2. The maximum Gasteiger partial charge on any atom is 0.416 e. The molecule has 5 rings (SSSR count). The van der Waals surface area contributed by atoms with Crippen molar-refractivity contribution in [2.75, 3.05) is 19.0 Å². The van der Waals surface area contributed by atoms with Crippen LogP contribution in [-0.2, 0) is 12.4 Å². The Morgan fingerprint density at radius 2 is 1.76 bits per heavy atom. The van der Waals surface area contributed by atoms with Gasteiger partial charge in [-0.2, -0.15) is 26.3 Å². The van der Waals surface area contributed by atoms with Crippen LogP contribution in [0.5, 0.6) is 5.75 Å². The number of hydrogen-bond acceptors (Lipinski definition) is 4. The lowest BCUT2D eigenvalue weighted by Gasteiger charge is -2.54. The molecule has 0 spiro atoms. The van der Waals surface area contributed by atoms with Gasteiger partial charge in [0.05, 0.1) is 29.8 Å². The van der Waals surface area contributed by atoms with Gasteiger partial charge in [-0.05, 0) is 97.4 Å². The molecule has 1 aliphatic carbocycles. The monoisotopic (exact) mass is 596 g/mol. The third kappa shape index (κ3) is 6.08. The van der Waals surface area contributed by atoms with Gasteiger partial charge in [-0.1, -0.05) is 13.3 Å². The van der Waals surface area contributed by atoms with Crippen molar-refractivity contribution in [1.29, 1.82) is 0 Å². The van der Waals surface area contributed by atoms with Gasteiger partial charge in [-0.15, -0.1) is 0 Å². The Hall–Kier alpha value is -3.12. The van der Waals surface area contributed by atoms with Crippen molar-refractivity contribution < 1.29 is 31.1 Å². The van der Waals surface area contributed by atoms with Gasteiger partial charge in [0.15, 0.2) is 5.11 Å². The van der Waals surface area contributed by atoms with Crippen molar-refractivity contribution in [1.82, 2.24) is 15.6 Å². The largest absolute Gasteiger partial charge is 0.497 e. The third-order valence-corrected chi connectivity index (χ3v) is 8.60. The Balaban J connectivity index is 1.51. The highest BCUT2D eigenvalue weighted by Crippen LogP contribution is 2.50. The molecule has 2 heterocycles. The lowest BCUT2D eigenvalue weighted by molar-refractivity contribution is -0.143. The number of piperidine rings is 1. The Morgan fingerprint density at radius 1 is 1.05 bits per heavy atom. The summed E-state index contributed by atoms with van der Waals surface area (Å²) in [4.78, 5) is 4.47.